The molecule has 0 fully saturated rings. The van der Waals surface area contributed by atoms with Gasteiger partial charge in [0.05, 0.1) is 11.0 Å². The first-order chi connectivity index (χ1) is 9.65. The van der Waals surface area contributed by atoms with E-state index < -0.39 is 0 Å². The number of para-hydroxylation sites is 2. The first-order valence-corrected chi connectivity index (χ1v) is 6.29. The van der Waals surface area contributed by atoms with E-state index in [0.29, 0.717) is 17.2 Å². The predicted octanol–water partition coefficient (Wildman–Crippen LogP) is 2.33. The van der Waals surface area contributed by atoms with Gasteiger partial charge in [-0.15, -0.1) is 0 Å². The minimum atomic E-state index is -0.122. The molecule has 0 bridgehead atoms. The molecule has 100 valence electrons. The maximum absolute atomic E-state index is 11.9. The lowest BCUT2D eigenvalue weighted by molar-refractivity contribution is 0.0822. The number of fused-ring (bicyclic) bond motifs is 1. The molecule has 0 aliphatic heterocycles. The molecule has 0 aliphatic rings. The van der Waals surface area contributed by atoms with Gasteiger partial charge in [0.25, 0.3) is 5.91 Å². The number of nitrogens with one attached hydrogen (secondary N) is 1. The molecular formula is C15H14N4O. The van der Waals surface area contributed by atoms with Crippen LogP contribution in [0.3, 0.4) is 0 Å². The molecule has 0 spiro atoms. The molecule has 1 amide bonds. The fraction of sp³-hybridized carbons (Fsp3) is 0.133. The molecule has 0 unspecified atom stereocenters. The van der Waals surface area contributed by atoms with Gasteiger partial charge in [-0.2, -0.15) is 0 Å². The summed E-state index contributed by atoms with van der Waals surface area (Å²) < 4.78 is 0. The van der Waals surface area contributed by atoms with Crippen molar-refractivity contribution in [3.8, 4) is 11.5 Å². The smallest absolute Gasteiger partial charge is 0.271 e. The fourth-order valence-electron chi connectivity index (χ4n) is 1.99. The summed E-state index contributed by atoms with van der Waals surface area (Å²) in [5, 5.41) is 0. The number of H-pyrrole nitrogens is 1. The van der Waals surface area contributed by atoms with Crippen molar-refractivity contribution >= 4 is 16.9 Å². The number of hydrogen-bond donors (Lipinski definition) is 1. The Morgan fingerprint density at radius 3 is 2.60 bits per heavy atom. The quantitative estimate of drug-likeness (QED) is 0.774. The average molecular weight is 266 g/mol. The highest BCUT2D eigenvalue weighted by molar-refractivity contribution is 5.92. The van der Waals surface area contributed by atoms with Crippen molar-refractivity contribution in [2.24, 2.45) is 0 Å². The van der Waals surface area contributed by atoms with E-state index in [-0.39, 0.29) is 5.91 Å². The van der Waals surface area contributed by atoms with Crippen molar-refractivity contribution in [1.82, 2.24) is 19.9 Å². The SMILES string of the molecule is CN(C)C(=O)c1cccc(-c2nc3ccccc3[nH]2)n1. The van der Waals surface area contributed by atoms with Crippen LogP contribution in [-0.4, -0.2) is 39.9 Å². The van der Waals surface area contributed by atoms with E-state index in [2.05, 4.69) is 15.0 Å². The summed E-state index contributed by atoms with van der Waals surface area (Å²) >= 11 is 0. The van der Waals surface area contributed by atoms with Crippen molar-refractivity contribution in [3.63, 3.8) is 0 Å². The van der Waals surface area contributed by atoms with Gasteiger partial charge in [-0.3, -0.25) is 4.79 Å². The molecule has 3 rings (SSSR count). The average Bonchev–Trinajstić information content (AvgIpc) is 2.90. The fourth-order valence-corrected chi connectivity index (χ4v) is 1.99. The van der Waals surface area contributed by atoms with E-state index in [9.17, 15) is 4.79 Å². The monoisotopic (exact) mass is 266 g/mol. The second kappa shape index (κ2) is 4.77. The van der Waals surface area contributed by atoms with Crippen LogP contribution in [-0.2, 0) is 0 Å². The van der Waals surface area contributed by atoms with Gasteiger partial charge >= 0.3 is 0 Å². The van der Waals surface area contributed by atoms with Crippen LogP contribution in [0.25, 0.3) is 22.6 Å². The zero-order chi connectivity index (χ0) is 14.1. The van der Waals surface area contributed by atoms with Gasteiger partial charge in [-0.1, -0.05) is 18.2 Å². The largest absolute Gasteiger partial charge is 0.343 e. The molecule has 0 atom stereocenters. The van der Waals surface area contributed by atoms with E-state index in [4.69, 9.17) is 0 Å². The van der Waals surface area contributed by atoms with Crippen LogP contribution in [0.2, 0.25) is 0 Å². The number of carbonyl (C=O) groups excluding carboxylic acids is 1. The highest BCUT2D eigenvalue weighted by atomic mass is 16.2. The first kappa shape index (κ1) is 12.3. The molecular weight excluding hydrogens is 252 g/mol. The molecule has 0 saturated carbocycles. The highest BCUT2D eigenvalue weighted by Gasteiger charge is 2.12. The molecule has 0 aliphatic carbocycles. The third kappa shape index (κ3) is 2.14. The number of imidazole rings is 1. The molecule has 1 aromatic carbocycles. The van der Waals surface area contributed by atoms with Crippen molar-refractivity contribution < 1.29 is 4.79 Å². The first-order valence-electron chi connectivity index (χ1n) is 6.29. The van der Waals surface area contributed by atoms with Crippen LogP contribution in [0.5, 0.6) is 0 Å². The maximum Gasteiger partial charge on any atom is 0.271 e. The number of pyridine rings is 1. The normalized spacial score (nSPS) is 10.7. The third-order valence-electron chi connectivity index (χ3n) is 3.01. The summed E-state index contributed by atoms with van der Waals surface area (Å²) in [5.74, 6) is 0.544. The highest BCUT2D eigenvalue weighted by Crippen LogP contribution is 2.18. The van der Waals surface area contributed by atoms with Crippen molar-refractivity contribution in [3.05, 3.63) is 48.2 Å². The van der Waals surface area contributed by atoms with Crippen LogP contribution in [0.15, 0.2) is 42.5 Å². The standard InChI is InChI=1S/C15H14N4O/c1-19(2)15(20)13-9-5-8-12(16-13)14-17-10-6-3-4-7-11(10)18-14/h3-9H,1-2H3,(H,17,18). The summed E-state index contributed by atoms with van der Waals surface area (Å²) in [7, 11) is 3.41. The Balaban J connectivity index is 2.05. The minimum Gasteiger partial charge on any atom is -0.343 e. The van der Waals surface area contributed by atoms with Crippen LogP contribution < -0.4 is 0 Å². The van der Waals surface area contributed by atoms with E-state index in [1.165, 1.54) is 4.90 Å². The van der Waals surface area contributed by atoms with Crippen molar-refractivity contribution in [1.29, 1.82) is 0 Å². The van der Waals surface area contributed by atoms with Crippen molar-refractivity contribution in [2.75, 3.05) is 14.1 Å². The van der Waals surface area contributed by atoms with Gasteiger partial charge < -0.3 is 9.88 Å². The Morgan fingerprint density at radius 2 is 1.85 bits per heavy atom. The Bertz CT molecular complexity index is 743. The zero-order valence-corrected chi connectivity index (χ0v) is 11.3. The number of carbonyl (C=O) groups is 1. The lowest BCUT2D eigenvalue weighted by atomic mass is 10.2. The minimum absolute atomic E-state index is 0.122. The molecule has 2 heterocycles. The Morgan fingerprint density at radius 1 is 1.05 bits per heavy atom. The second-order valence-electron chi connectivity index (χ2n) is 4.71. The Kier molecular flexibility index (Phi) is 2.95. The summed E-state index contributed by atoms with van der Waals surface area (Å²) in [6.45, 7) is 0. The number of benzene rings is 1. The number of hydrogen-bond acceptors (Lipinski definition) is 3. The van der Waals surface area contributed by atoms with E-state index >= 15 is 0 Å². The Hall–Kier alpha value is -2.69. The van der Waals surface area contributed by atoms with Crippen LogP contribution in [0.1, 0.15) is 10.5 Å². The molecule has 5 heteroatoms. The van der Waals surface area contributed by atoms with Crippen LogP contribution in [0.4, 0.5) is 0 Å². The molecule has 1 N–H and O–H groups in total. The maximum atomic E-state index is 11.9. The van der Waals surface area contributed by atoms with Gasteiger partial charge in [0.2, 0.25) is 0 Å². The van der Waals surface area contributed by atoms with E-state index in [0.717, 1.165) is 11.0 Å². The van der Waals surface area contributed by atoms with Gasteiger partial charge in [-0.05, 0) is 24.3 Å². The van der Waals surface area contributed by atoms with Crippen molar-refractivity contribution in [2.45, 2.75) is 0 Å². The second-order valence-corrected chi connectivity index (χ2v) is 4.71. The zero-order valence-electron chi connectivity index (χ0n) is 11.3. The van der Waals surface area contributed by atoms with E-state index in [1.54, 1.807) is 20.2 Å². The topological polar surface area (TPSA) is 61.9 Å². The predicted molar refractivity (Wildman–Crippen MR) is 77.3 cm³/mol. The lowest BCUT2D eigenvalue weighted by Crippen LogP contribution is -2.22. The van der Waals surface area contributed by atoms with E-state index in [1.807, 2.05) is 36.4 Å². The number of rotatable bonds is 2. The molecule has 2 aromatic heterocycles. The molecule has 20 heavy (non-hydrogen) atoms. The summed E-state index contributed by atoms with van der Waals surface area (Å²) in [5.41, 5.74) is 2.91. The van der Waals surface area contributed by atoms with Gasteiger partial charge in [0.15, 0.2) is 5.82 Å². The third-order valence-corrected chi connectivity index (χ3v) is 3.01. The number of aromatic amines is 1. The Labute approximate surface area is 116 Å². The number of amides is 1. The summed E-state index contributed by atoms with van der Waals surface area (Å²) in [4.78, 5) is 25.5. The summed E-state index contributed by atoms with van der Waals surface area (Å²) in [6.07, 6.45) is 0. The van der Waals surface area contributed by atoms with Gasteiger partial charge in [-0.25, -0.2) is 9.97 Å². The lowest BCUT2D eigenvalue weighted by Gasteiger charge is -2.09. The van der Waals surface area contributed by atoms with Crippen LogP contribution >= 0.6 is 0 Å². The molecule has 3 aromatic rings. The summed E-state index contributed by atoms with van der Waals surface area (Å²) in [6, 6.07) is 13.1. The van der Waals surface area contributed by atoms with Gasteiger partial charge in [0.1, 0.15) is 11.4 Å². The molecule has 0 radical (unpaired) electrons. The number of aromatic nitrogens is 3. The number of nitrogens with zero attached hydrogens (tertiary/aromatic N) is 3. The molecule has 0 saturated heterocycles. The molecule has 5 nitrogen and oxygen atoms in total. The van der Waals surface area contributed by atoms with Gasteiger partial charge in [0, 0.05) is 14.1 Å². The van der Waals surface area contributed by atoms with Crippen LogP contribution in [0, 0.1) is 0 Å².